The zero-order chi connectivity index (χ0) is 38.1. The Morgan fingerprint density at radius 3 is 2.28 bits per heavy atom. The van der Waals surface area contributed by atoms with Crippen molar-refractivity contribution in [1.29, 1.82) is 0 Å². The fourth-order valence-electron chi connectivity index (χ4n) is 6.93. The molecule has 3 atom stereocenters. The van der Waals surface area contributed by atoms with Crippen molar-refractivity contribution in [1.82, 2.24) is 10.3 Å². The number of methoxy groups -OCH3 is 2. The number of benzene rings is 4. The van der Waals surface area contributed by atoms with Crippen molar-refractivity contribution < 1.29 is 48.5 Å². The van der Waals surface area contributed by atoms with Crippen LogP contribution in [-0.4, -0.2) is 92.6 Å². The average Bonchev–Trinajstić information content (AvgIpc) is 3.19. The summed E-state index contributed by atoms with van der Waals surface area (Å²) in [4.78, 5) is 20.0. The molecule has 1 heterocycles. The van der Waals surface area contributed by atoms with Crippen LogP contribution < -0.4 is 14.2 Å². The van der Waals surface area contributed by atoms with E-state index in [0.29, 0.717) is 71.8 Å². The molecule has 12 heteroatoms. The van der Waals surface area contributed by atoms with Gasteiger partial charge in [-0.3, -0.25) is 20.0 Å². The largest absolute Gasteiger partial charge is 0.496 e. The van der Waals surface area contributed by atoms with Crippen LogP contribution in [0.2, 0.25) is 0 Å². The molecule has 1 amide bonds. The van der Waals surface area contributed by atoms with Crippen LogP contribution in [0, 0.1) is 0 Å². The Morgan fingerprint density at radius 2 is 1.52 bits per heavy atom. The molecule has 0 spiro atoms. The molecular weight excluding hydrogens is 692 g/mol. The topological polar surface area (TPSA) is 129 Å². The van der Waals surface area contributed by atoms with Crippen LogP contribution in [0.15, 0.2) is 84.9 Å². The Hall–Kier alpha value is -4.27. The number of carbonyl (C=O) groups excluding carboxylic acids is 1. The third-order valence-electron chi connectivity index (χ3n) is 9.56. The molecule has 54 heavy (non-hydrogen) atoms. The predicted octanol–water partition coefficient (Wildman–Crippen LogP) is 7.33. The lowest BCUT2D eigenvalue weighted by molar-refractivity contribution is -0.492. The second kappa shape index (κ2) is 21.6. The predicted molar refractivity (Wildman–Crippen MR) is 203 cm³/mol. The molecule has 1 saturated heterocycles. The van der Waals surface area contributed by atoms with Gasteiger partial charge in [0.05, 0.1) is 64.9 Å². The molecule has 2 N–H and O–H groups in total. The molecule has 5 rings (SSSR count). The van der Waals surface area contributed by atoms with E-state index in [1.807, 2.05) is 72.5 Å². The van der Waals surface area contributed by atoms with E-state index in [1.54, 1.807) is 14.2 Å². The molecule has 4 aromatic carbocycles. The van der Waals surface area contributed by atoms with Crippen molar-refractivity contribution in [2.45, 2.75) is 70.4 Å². The summed E-state index contributed by atoms with van der Waals surface area (Å²) < 4.78 is 36.1. The van der Waals surface area contributed by atoms with E-state index in [2.05, 4.69) is 29.1 Å². The summed E-state index contributed by atoms with van der Waals surface area (Å²) in [6.45, 7) is 5.35. The van der Waals surface area contributed by atoms with Gasteiger partial charge in [-0.05, 0) is 66.6 Å². The summed E-state index contributed by atoms with van der Waals surface area (Å²) in [5.74, 6) is 2.26. The van der Waals surface area contributed by atoms with Gasteiger partial charge in [0.25, 0.3) is 0 Å². The summed E-state index contributed by atoms with van der Waals surface area (Å²) in [6, 6.07) is 28.2. The number of para-hydroxylation sites is 1. The normalized spacial score (nSPS) is 17.2. The molecule has 0 radical (unpaired) electrons. The molecule has 1 fully saturated rings. The lowest BCUT2D eigenvalue weighted by Crippen LogP contribution is -2.54. The lowest BCUT2D eigenvalue weighted by atomic mass is 9.84. The van der Waals surface area contributed by atoms with E-state index >= 15 is 0 Å². The number of likely N-dealkylation sites (tertiary alicyclic amines) is 1. The van der Waals surface area contributed by atoms with Gasteiger partial charge >= 0.3 is 0 Å². The van der Waals surface area contributed by atoms with Crippen molar-refractivity contribution >= 4 is 16.7 Å². The van der Waals surface area contributed by atoms with Crippen LogP contribution in [0.1, 0.15) is 61.6 Å². The second-order valence-corrected chi connectivity index (χ2v) is 13.2. The minimum absolute atomic E-state index is 0.0293. The highest BCUT2D eigenvalue weighted by Crippen LogP contribution is 2.36. The number of rotatable bonds is 22. The molecule has 1 aliphatic rings. The first-order valence-electron chi connectivity index (χ1n) is 18.7. The highest BCUT2D eigenvalue weighted by Gasteiger charge is 2.40. The quantitative estimate of drug-likeness (QED) is 0.0620. The second-order valence-electron chi connectivity index (χ2n) is 13.2. The molecule has 1 aliphatic heterocycles. The molecule has 0 saturated carbocycles. The molecule has 292 valence electrons. The smallest absolute Gasteiger partial charge is 0.222 e. The fourth-order valence-corrected chi connectivity index (χ4v) is 6.93. The number of carbonyl (C=O) groups is 1. The minimum Gasteiger partial charge on any atom is -0.496 e. The summed E-state index contributed by atoms with van der Waals surface area (Å²) in [7, 11) is 3.33. The Balaban J connectivity index is 1.24. The van der Waals surface area contributed by atoms with Gasteiger partial charge in [-0.2, -0.15) is 0 Å². The van der Waals surface area contributed by atoms with Gasteiger partial charge in [-0.1, -0.05) is 61.0 Å². The number of unbranched alkanes of at least 4 members (excludes halogenated alkanes) is 2. The summed E-state index contributed by atoms with van der Waals surface area (Å²) in [5, 5.41) is 19.3. The number of piperidine rings is 1. The fraction of sp³-hybridized carbons (Fsp3) is 0.452. The third-order valence-corrected chi connectivity index (χ3v) is 9.56. The van der Waals surface area contributed by atoms with E-state index in [4.69, 9.17) is 38.8 Å². The first-order valence-corrected chi connectivity index (χ1v) is 18.7. The van der Waals surface area contributed by atoms with E-state index in [9.17, 15) is 4.79 Å². The van der Waals surface area contributed by atoms with Crippen LogP contribution in [-0.2, 0) is 37.1 Å². The van der Waals surface area contributed by atoms with Crippen LogP contribution in [0.3, 0.4) is 0 Å². The zero-order valence-electron chi connectivity index (χ0n) is 31.6. The molecule has 3 unspecified atom stereocenters. The number of hydrogen-bond donors (Lipinski definition) is 2. The number of fused-ring (bicyclic) bond motifs is 1. The lowest BCUT2D eigenvalue weighted by Gasteiger charge is -2.43. The van der Waals surface area contributed by atoms with E-state index in [0.717, 1.165) is 51.1 Å². The van der Waals surface area contributed by atoms with Gasteiger partial charge in [-0.15, -0.1) is 0 Å². The highest BCUT2D eigenvalue weighted by molar-refractivity contribution is 5.89. The number of hydrogen-bond acceptors (Lipinski definition) is 11. The van der Waals surface area contributed by atoms with Crippen LogP contribution in [0.4, 0.5) is 0 Å². The maximum atomic E-state index is 13.5. The Labute approximate surface area is 317 Å². The van der Waals surface area contributed by atoms with Crippen molar-refractivity contribution in [2.24, 2.45) is 0 Å². The van der Waals surface area contributed by atoms with Gasteiger partial charge in [0.1, 0.15) is 17.2 Å². The van der Waals surface area contributed by atoms with E-state index in [1.165, 1.54) is 0 Å². The van der Waals surface area contributed by atoms with Crippen LogP contribution >= 0.6 is 0 Å². The van der Waals surface area contributed by atoms with Crippen molar-refractivity contribution in [3.05, 3.63) is 102 Å². The first-order chi connectivity index (χ1) is 26.4. The third kappa shape index (κ3) is 11.9. The van der Waals surface area contributed by atoms with Gasteiger partial charge in [0, 0.05) is 49.4 Å². The van der Waals surface area contributed by atoms with Crippen molar-refractivity contribution in [2.75, 3.05) is 53.7 Å². The number of amides is 1. The molecular formula is C42H54N2O10. The maximum Gasteiger partial charge on any atom is 0.222 e. The van der Waals surface area contributed by atoms with Gasteiger partial charge in [0.15, 0.2) is 0 Å². The zero-order valence-corrected chi connectivity index (χ0v) is 31.6. The molecule has 0 bridgehead atoms. The van der Waals surface area contributed by atoms with E-state index < -0.39 is 0 Å². The highest BCUT2D eigenvalue weighted by atomic mass is 17.1. The van der Waals surface area contributed by atoms with Gasteiger partial charge < -0.3 is 33.3 Å². The number of ether oxygens (including phenoxy) is 6. The van der Waals surface area contributed by atoms with Crippen LogP contribution in [0.5, 0.6) is 17.2 Å². The summed E-state index contributed by atoms with van der Waals surface area (Å²) >= 11 is 0. The van der Waals surface area contributed by atoms with Crippen LogP contribution in [0.25, 0.3) is 10.8 Å². The maximum absolute atomic E-state index is 13.5. The SMILES string of the molecule is CCOC1CN(C(=O)CCCCCON(O)O)CC(OCc2cc(OC)c3ccccc3c2)C1c1ccc(OCCCOCc2ccccc2OC)cc1. The average molecular weight is 747 g/mol. The van der Waals surface area contributed by atoms with Gasteiger partial charge in [-0.25, -0.2) is 0 Å². The summed E-state index contributed by atoms with van der Waals surface area (Å²) in [5.41, 5.74) is 3.04. The Kier molecular flexibility index (Phi) is 16.3. The molecule has 0 aromatic heterocycles. The Bertz CT molecular complexity index is 1720. The molecule has 0 aliphatic carbocycles. The Morgan fingerprint density at radius 1 is 0.778 bits per heavy atom. The summed E-state index contributed by atoms with van der Waals surface area (Å²) in [6.07, 6.45) is 2.41. The number of nitrogens with zero attached hydrogens (tertiary/aromatic N) is 2. The first kappa shape index (κ1) is 40.9. The standard InChI is InChI=1S/C42H54N2O10/c1-4-51-39-27-43(41(45)17-6-5-11-24-54-44(46)47)28-40(53-29-31-25-33-13-7-9-15-36(33)38(26-31)49-3)42(39)32-18-20-35(21-19-32)52-23-12-22-50-30-34-14-8-10-16-37(34)48-2/h7-10,13-16,18-21,25-26,39-40,42,46-47H,4-6,11-12,17,22-24,27-30H2,1-3H3. The molecule has 12 nitrogen and oxygen atoms in total. The monoisotopic (exact) mass is 746 g/mol. The van der Waals surface area contributed by atoms with Crippen molar-refractivity contribution in [3.63, 3.8) is 0 Å². The molecule has 4 aromatic rings. The van der Waals surface area contributed by atoms with Gasteiger partial charge in [0.2, 0.25) is 5.91 Å². The minimum atomic E-state index is -0.350. The van der Waals surface area contributed by atoms with E-state index in [-0.39, 0.29) is 36.0 Å². The van der Waals surface area contributed by atoms with Crippen molar-refractivity contribution in [3.8, 4) is 17.2 Å².